The van der Waals surface area contributed by atoms with Crippen LogP contribution < -0.4 is 4.72 Å². The van der Waals surface area contributed by atoms with Crippen LogP contribution in [0.5, 0.6) is 0 Å². The van der Waals surface area contributed by atoms with E-state index in [0.29, 0.717) is 19.3 Å². The van der Waals surface area contributed by atoms with Gasteiger partial charge in [-0.15, -0.1) is 0 Å². The van der Waals surface area contributed by atoms with Crippen LogP contribution in [0.25, 0.3) is 0 Å². The first-order chi connectivity index (χ1) is 11.8. The fourth-order valence-electron chi connectivity index (χ4n) is 2.94. The van der Waals surface area contributed by atoms with Gasteiger partial charge in [0.25, 0.3) is 0 Å². The normalized spacial score (nSPS) is 24.0. The molecule has 0 amide bonds. The SMILES string of the molecule is O=C(O)CC/C=C\C[C@H]1[C@H](F)CC[C@@H]1NS(=O)(=O)c1ccc(F)cc1. The number of sulfonamides is 1. The lowest BCUT2D eigenvalue weighted by atomic mass is 9.98. The van der Waals surface area contributed by atoms with Crippen molar-refractivity contribution in [1.82, 2.24) is 4.72 Å². The van der Waals surface area contributed by atoms with Crippen LogP contribution in [0.4, 0.5) is 8.78 Å². The number of hydrogen-bond donors (Lipinski definition) is 2. The molecule has 0 saturated heterocycles. The molecule has 1 aliphatic rings. The van der Waals surface area contributed by atoms with Gasteiger partial charge in [-0.2, -0.15) is 0 Å². The van der Waals surface area contributed by atoms with Crippen molar-refractivity contribution in [1.29, 1.82) is 0 Å². The zero-order chi connectivity index (χ0) is 18.4. The van der Waals surface area contributed by atoms with E-state index in [2.05, 4.69) is 4.72 Å². The van der Waals surface area contributed by atoms with Gasteiger partial charge in [-0.25, -0.2) is 21.9 Å². The second kappa shape index (κ2) is 8.53. The lowest BCUT2D eigenvalue weighted by Crippen LogP contribution is -2.38. The predicted octanol–water partition coefficient (Wildman–Crippen LogP) is 3.03. The van der Waals surface area contributed by atoms with Crippen molar-refractivity contribution < 1.29 is 27.1 Å². The highest BCUT2D eigenvalue weighted by atomic mass is 32.2. The van der Waals surface area contributed by atoms with Gasteiger partial charge in [0.15, 0.2) is 0 Å². The molecule has 0 heterocycles. The van der Waals surface area contributed by atoms with Crippen LogP contribution >= 0.6 is 0 Å². The average Bonchev–Trinajstić information content (AvgIpc) is 2.87. The number of halogens is 2. The van der Waals surface area contributed by atoms with E-state index in [1.54, 1.807) is 12.2 Å². The van der Waals surface area contributed by atoms with Crippen molar-refractivity contribution in [2.45, 2.75) is 49.2 Å². The van der Waals surface area contributed by atoms with Crippen LogP contribution in [-0.2, 0) is 14.8 Å². The summed E-state index contributed by atoms with van der Waals surface area (Å²) in [5, 5.41) is 8.57. The molecule has 1 aromatic rings. The molecule has 8 heteroatoms. The number of alkyl halides is 1. The first kappa shape index (κ1) is 19.5. The van der Waals surface area contributed by atoms with Crippen LogP contribution in [0.1, 0.15) is 32.1 Å². The van der Waals surface area contributed by atoms with Crippen LogP contribution in [0.2, 0.25) is 0 Å². The molecule has 1 saturated carbocycles. The number of rotatable bonds is 8. The molecule has 2 N–H and O–H groups in total. The summed E-state index contributed by atoms with van der Waals surface area (Å²) in [5.74, 6) is -1.94. The molecule has 0 bridgehead atoms. The number of hydrogen-bond acceptors (Lipinski definition) is 3. The summed E-state index contributed by atoms with van der Waals surface area (Å²) in [7, 11) is -3.85. The van der Waals surface area contributed by atoms with Gasteiger partial charge in [0.2, 0.25) is 10.0 Å². The van der Waals surface area contributed by atoms with Crippen molar-refractivity contribution in [3.8, 4) is 0 Å². The molecule has 5 nitrogen and oxygen atoms in total. The Morgan fingerprint density at radius 2 is 1.92 bits per heavy atom. The minimum atomic E-state index is -3.85. The molecule has 1 aliphatic carbocycles. The second-order valence-electron chi connectivity index (χ2n) is 6.08. The Labute approximate surface area is 145 Å². The van der Waals surface area contributed by atoms with Gasteiger partial charge in [-0.1, -0.05) is 12.2 Å². The largest absolute Gasteiger partial charge is 0.481 e. The van der Waals surface area contributed by atoms with E-state index in [4.69, 9.17) is 5.11 Å². The first-order valence-electron chi connectivity index (χ1n) is 8.08. The molecule has 0 spiro atoms. The van der Waals surface area contributed by atoms with Crippen LogP contribution in [0.15, 0.2) is 41.3 Å². The van der Waals surface area contributed by atoms with E-state index >= 15 is 0 Å². The number of carboxylic acids is 1. The summed E-state index contributed by atoms with van der Waals surface area (Å²) in [6.07, 6.45) is 3.59. The van der Waals surface area contributed by atoms with Crippen molar-refractivity contribution in [3.05, 3.63) is 42.2 Å². The molecule has 0 aliphatic heterocycles. The first-order valence-corrected chi connectivity index (χ1v) is 9.56. The summed E-state index contributed by atoms with van der Waals surface area (Å²) in [5.41, 5.74) is 0. The molecule has 2 rings (SSSR count). The maximum Gasteiger partial charge on any atom is 0.303 e. The summed E-state index contributed by atoms with van der Waals surface area (Å²) in [4.78, 5) is 10.4. The molecule has 138 valence electrons. The van der Waals surface area contributed by atoms with E-state index in [9.17, 15) is 22.0 Å². The van der Waals surface area contributed by atoms with Crippen molar-refractivity contribution >= 4 is 16.0 Å². The maximum atomic E-state index is 14.1. The predicted molar refractivity (Wildman–Crippen MR) is 88.8 cm³/mol. The van der Waals surface area contributed by atoms with Gasteiger partial charge in [-0.05, 0) is 49.9 Å². The third-order valence-corrected chi connectivity index (χ3v) is 5.77. The van der Waals surface area contributed by atoms with E-state index in [0.717, 1.165) is 12.1 Å². The smallest absolute Gasteiger partial charge is 0.303 e. The van der Waals surface area contributed by atoms with Crippen molar-refractivity contribution in [2.24, 2.45) is 5.92 Å². The van der Waals surface area contributed by atoms with Gasteiger partial charge in [0, 0.05) is 18.4 Å². The Morgan fingerprint density at radius 1 is 1.24 bits per heavy atom. The Balaban J connectivity index is 1.99. The van der Waals surface area contributed by atoms with Crippen LogP contribution in [-0.4, -0.2) is 31.7 Å². The summed E-state index contributed by atoms with van der Waals surface area (Å²) in [6.45, 7) is 0. The zero-order valence-electron chi connectivity index (χ0n) is 13.6. The highest BCUT2D eigenvalue weighted by Gasteiger charge is 2.37. The van der Waals surface area contributed by atoms with Crippen molar-refractivity contribution in [3.63, 3.8) is 0 Å². The standard InChI is InChI=1S/C17H21F2NO4S/c18-12-6-8-13(9-7-12)25(23,24)20-16-11-10-15(19)14(16)4-2-1-3-5-17(21)22/h1-2,6-9,14-16,20H,3-5,10-11H2,(H,21,22)/b2-1-/t14-,15+,16-/m0/s1. The average molecular weight is 373 g/mol. The zero-order valence-corrected chi connectivity index (χ0v) is 14.4. The number of carboxylic acid groups (broad SMARTS) is 1. The molecule has 25 heavy (non-hydrogen) atoms. The summed E-state index contributed by atoms with van der Waals surface area (Å²) in [6, 6.07) is 3.91. The Morgan fingerprint density at radius 3 is 2.56 bits per heavy atom. The second-order valence-corrected chi connectivity index (χ2v) is 7.79. The van der Waals surface area contributed by atoms with Gasteiger partial charge in [0.1, 0.15) is 12.0 Å². The molecule has 0 radical (unpaired) electrons. The molecular formula is C17H21F2NO4S. The molecule has 0 aromatic heterocycles. The fraction of sp³-hybridized carbons (Fsp3) is 0.471. The molecule has 3 atom stereocenters. The summed E-state index contributed by atoms with van der Waals surface area (Å²) < 4.78 is 54.3. The van der Waals surface area contributed by atoms with Gasteiger partial charge in [0.05, 0.1) is 4.90 Å². The number of carbonyl (C=O) groups is 1. The highest BCUT2D eigenvalue weighted by molar-refractivity contribution is 7.89. The van der Waals surface area contributed by atoms with E-state index in [1.807, 2.05) is 0 Å². The molecule has 0 unspecified atom stereocenters. The minimum Gasteiger partial charge on any atom is -0.481 e. The van der Waals surface area contributed by atoms with Gasteiger partial charge < -0.3 is 5.11 Å². The topological polar surface area (TPSA) is 83.5 Å². The monoisotopic (exact) mass is 373 g/mol. The third kappa shape index (κ3) is 5.61. The summed E-state index contributed by atoms with van der Waals surface area (Å²) >= 11 is 0. The van der Waals surface area contributed by atoms with Crippen LogP contribution in [0, 0.1) is 11.7 Å². The van der Waals surface area contributed by atoms with E-state index in [1.165, 1.54) is 12.1 Å². The number of allylic oxidation sites excluding steroid dienone is 2. The van der Waals surface area contributed by atoms with E-state index in [-0.39, 0.29) is 17.7 Å². The van der Waals surface area contributed by atoms with Crippen LogP contribution in [0.3, 0.4) is 0 Å². The third-order valence-electron chi connectivity index (χ3n) is 4.27. The molecule has 1 fully saturated rings. The fourth-order valence-corrected chi connectivity index (χ4v) is 4.26. The van der Waals surface area contributed by atoms with E-state index < -0.39 is 39.9 Å². The molecular weight excluding hydrogens is 352 g/mol. The minimum absolute atomic E-state index is 0.000838. The van der Waals surface area contributed by atoms with Gasteiger partial charge >= 0.3 is 5.97 Å². The Bertz CT molecular complexity index is 719. The van der Waals surface area contributed by atoms with Gasteiger partial charge in [-0.3, -0.25) is 4.79 Å². The highest BCUT2D eigenvalue weighted by Crippen LogP contribution is 2.33. The molecule has 1 aromatic carbocycles. The quantitative estimate of drug-likeness (QED) is 0.686. The maximum absolute atomic E-state index is 14.1. The number of benzene rings is 1. The van der Waals surface area contributed by atoms with Crippen molar-refractivity contribution in [2.75, 3.05) is 0 Å². The number of aliphatic carboxylic acids is 1. The Hall–Kier alpha value is -1.80. The Kier molecular flexibility index (Phi) is 6.66. The number of nitrogens with one attached hydrogen (secondary N) is 1. The lowest BCUT2D eigenvalue weighted by Gasteiger charge is -2.21. The lowest BCUT2D eigenvalue weighted by molar-refractivity contribution is -0.136.